The lowest BCUT2D eigenvalue weighted by Crippen LogP contribution is -2.46. The molecule has 0 aromatic heterocycles. The Bertz CT molecular complexity index is 1080. The van der Waals surface area contributed by atoms with Gasteiger partial charge in [-0.2, -0.15) is 0 Å². The van der Waals surface area contributed by atoms with E-state index < -0.39 is 20.0 Å². The summed E-state index contributed by atoms with van der Waals surface area (Å²) in [5.41, 5.74) is 0. The Hall–Kier alpha value is -1.80. The third kappa shape index (κ3) is 40.2. The topological polar surface area (TPSA) is 108 Å². The molecule has 0 aliphatic rings. The fourth-order valence-corrected chi connectivity index (χ4v) is 6.73. The fourth-order valence-electron chi connectivity index (χ4n) is 6.01. The number of phosphoric ester groups is 1. The Kier molecular flexibility index (Phi) is 36.5. The van der Waals surface area contributed by atoms with Gasteiger partial charge in [0.15, 0.2) is 0 Å². The van der Waals surface area contributed by atoms with Gasteiger partial charge in [-0.1, -0.05) is 171 Å². The van der Waals surface area contributed by atoms with Gasteiger partial charge in [0.1, 0.15) is 13.2 Å². The molecular formula is C46H85N2O6P. The van der Waals surface area contributed by atoms with E-state index in [0.29, 0.717) is 23.9 Å². The Morgan fingerprint density at radius 1 is 0.655 bits per heavy atom. The summed E-state index contributed by atoms with van der Waals surface area (Å²) in [6.45, 7) is 4.56. The molecule has 3 unspecified atom stereocenters. The molecule has 320 valence electrons. The summed E-state index contributed by atoms with van der Waals surface area (Å²) in [4.78, 5) is 25.3. The van der Waals surface area contributed by atoms with Crippen LogP contribution < -0.4 is 10.2 Å². The summed E-state index contributed by atoms with van der Waals surface area (Å²) in [6.07, 6.45) is 47.9. The van der Waals surface area contributed by atoms with Crippen molar-refractivity contribution in [3.63, 3.8) is 0 Å². The molecule has 0 saturated heterocycles. The molecule has 0 spiro atoms. The van der Waals surface area contributed by atoms with Crippen molar-refractivity contribution in [1.82, 2.24) is 5.32 Å². The van der Waals surface area contributed by atoms with Gasteiger partial charge in [-0.15, -0.1) is 0 Å². The van der Waals surface area contributed by atoms with Crippen LogP contribution in [0.4, 0.5) is 0 Å². The van der Waals surface area contributed by atoms with Crippen LogP contribution in [0, 0.1) is 0 Å². The molecule has 0 saturated carbocycles. The fraction of sp³-hybridized carbons (Fsp3) is 0.761. The maximum absolute atomic E-state index is 12.9. The van der Waals surface area contributed by atoms with E-state index in [1.54, 1.807) is 0 Å². The predicted octanol–water partition coefficient (Wildman–Crippen LogP) is 11.6. The predicted molar refractivity (Wildman–Crippen MR) is 233 cm³/mol. The van der Waals surface area contributed by atoms with Crippen LogP contribution in [-0.4, -0.2) is 68.5 Å². The summed E-state index contributed by atoms with van der Waals surface area (Å²) < 4.78 is 23.2. The highest BCUT2D eigenvalue weighted by molar-refractivity contribution is 7.45. The van der Waals surface area contributed by atoms with Gasteiger partial charge >= 0.3 is 0 Å². The minimum Gasteiger partial charge on any atom is -0.756 e. The SMILES string of the molecule is CC/C=C\C/C=C\C/C=C\C/C=C\C/C=C\CCCCCCCC(=O)NC(COP(=O)([O-])OCC[N+](C)(C)C)C(O)CCCCCCCCCCCCCC. The molecule has 0 bridgehead atoms. The van der Waals surface area contributed by atoms with Crippen molar-refractivity contribution in [1.29, 1.82) is 0 Å². The zero-order chi connectivity index (χ0) is 40.7. The lowest BCUT2D eigenvalue weighted by Gasteiger charge is -2.30. The van der Waals surface area contributed by atoms with Crippen molar-refractivity contribution in [2.24, 2.45) is 0 Å². The second kappa shape index (κ2) is 37.8. The lowest BCUT2D eigenvalue weighted by molar-refractivity contribution is -0.870. The van der Waals surface area contributed by atoms with Gasteiger partial charge in [0, 0.05) is 6.42 Å². The Morgan fingerprint density at radius 2 is 1.11 bits per heavy atom. The number of phosphoric acid groups is 1. The second-order valence-electron chi connectivity index (χ2n) is 16.0. The third-order valence-electron chi connectivity index (χ3n) is 9.52. The smallest absolute Gasteiger partial charge is 0.268 e. The molecule has 8 nitrogen and oxygen atoms in total. The molecule has 2 N–H and O–H groups in total. The monoisotopic (exact) mass is 793 g/mol. The number of amides is 1. The van der Waals surface area contributed by atoms with Crippen LogP contribution >= 0.6 is 7.82 Å². The molecule has 0 heterocycles. The number of aliphatic hydroxyl groups excluding tert-OH is 1. The zero-order valence-electron chi connectivity index (χ0n) is 36.1. The molecule has 0 aromatic rings. The molecule has 3 atom stereocenters. The van der Waals surface area contributed by atoms with Gasteiger partial charge in [-0.3, -0.25) is 9.36 Å². The normalized spacial score (nSPS) is 15.0. The summed E-state index contributed by atoms with van der Waals surface area (Å²) in [5, 5.41) is 13.9. The number of aliphatic hydroxyl groups is 1. The molecule has 0 aliphatic carbocycles. The van der Waals surface area contributed by atoms with E-state index in [4.69, 9.17) is 9.05 Å². The van der Waals surface area contributed by atoms with E-state index >= 15 is 0 Å². The Morgan fingerprint density at radius 3 is 1.62 bits per heavy atom. The van der Waals surface area contributed by atoms with Crippen LogP contribution in [-0.2, 0) is 18.4 Å². The van der Waals surface area contributed by atoms with E-state index in [9.17, 15) is 19.4 Å². The van der Waals surface area contributed by atoms with Crippen LogP contribution in [0.5, 0.6) is 0 Å². The number of nitrogens with zero attached hydrogens (tertiary/aromatic N) is 1. The summed E-state index contributed by atoms with van der Waals surface area (Å²) >= 11 is 0. The number of nitrogens with one attached hydrogen (secondary N) is 1. The first-order valence-electron chi connectivity index (χ1n) is 22.1. The van der Waals surface area contributed by atoms with Crippen molar-refractivity contribution < 1.29 is 32.9 Å². The number of carbonyl (C=O) groups is 1. The molecular weight excluding hydrogens is 707 g/mol. The molecule has 9 heteroatoms. The summed E-state index contributed by atoms with van der Waals surface area (Å²) in [5.74, 6) is -0.187. The summed E-state index contributed by atoms with van der Waals surface area (Å²) in [7, 11) is 1.28. The minimum absolute atomic E-state index is 0.00499. The van der Waals surface area contributed by atoms with Crippen molar-refractivity contribution in [2.75, 3.05) is 40.9 Å². The number of rotatable bonds is 39. The minimum atomic E-state index is -4.57. The van der Waals surface area contributed by atoms with Gasteiger partial charge in [-0.05, 0) is 57.8 Å². The molecule has 0 radical (unpaired) electrons. The molecule has 0 fully saturated rings. The quantitative estimate of drug-likeness (QED) is 0.0278. The van der Waals surface area contributed by atoms with Crippen molar-refractivity contribution >= 4 is 13.7 Å². The Balaban J connectivity index is 4.39. The highest BCUT2D eigenvalue weighted by Crippen LogP contribution is 2.38. The number of hydrogen-bond acceptors (Lipinski definition) is 6. The molecule has 0 aliphatic heterocycles. The average Bonchev–Trinajstić information content (AvgIpc) is 3.13. The largest absolute Gasteiger partial charge is 0.756 e. The van der Waals surface area contributed by atoms with E-state index in [1.807, 2.05) is 21.1 Å². The standard InChI is InChI=1S/C46H85N2O6P/c1-6-8-10-12-14-16-18-20-21-22-23-24-25-26-27-28-30-32-34-36-38-40-46(50)47-44(43-54-55(51,52)53-42-41-48(3,4)5)45(49)39-37-35-33-31-29-19-17-15-13-11-9-7-2/h8,10,14,16,20-21,23-24,26-27,44-45,49H,6-7,9,11-13,15,17-19,22,25,28-43H2,1-5H3,(H-,47,50,51,52)/b10-8-,16-14-,21-20-,24-23-,27-26-. The molecule has 0 rings (SSSR count). The first kappa shape index (κ1) is 53.2. The highest BCUT2D eigenvalue weighted by Gasteiger charge is 2.24. The number of allylic oxidation sites excluding steroid dienone is 10. The van der Waals surface area contributed by atoms with Crippen molar-refractivity contribution in [2.45, 2.75) is 187 Å². The van der Waals surface area contributed by atoms with Crippen LogP contribution in [0.3, 0.4) is 0 Å². The second-order valence-corrected chi connectivity index (χ2v) is 17.4. The van der Waals surface area contributed by atoms with Crippen LogP contribution in [0.2, 0.25) is 0 Å². The van der Waals surface area contributed by atoms with Crippen LogP contribution in [0.15, 0.2) is 60.8 Å². The number of quaternary nitrogens is 1. The average molecular weight is 793 g/mol. The van der Waals surface area contributed by atoms with E-state index in [1.165, 1.54) is 57.8 Å². The molecule has 55 heavy (non-hydrogen) atoms. The number of unbranched alkanes of at least 4 members (excludes halogenated alkanes) is 16. The van der Waals surface area contributed by atoms with E-state index in [0.717, 1.165) is 89.9 Å². The van der Waals surface area contributed by atoms with Gasteiger partial charge in [0.05, 0.1) is 39.9 Å². The van der Waals surface area contributed by atoms with Crippen molar-refractivity contribution in [3.05, 3.63) is 60.8 Å². The van der Waals surface area contributed by atoms with Gasteiger partial charge in [-0.25, -0.2) is 0 Å². The number of carbonyl (C=O) groups excluding carboxylic acids is 1. The Labute approximate surface area is 339 Å². The highest BCUT2D eigenvalue weighted by atomic mass is 31.2. The molecule has 1 amide bonds. The third-order valence-corrected chi connectivity index (χ3v) is 10.5. The van der Waals surface area contributed by atoms with E-state index in [-0.39, 0.29) is 19.1 Å². The van der Waals surface area contributed by atoms with Crippen LogP contribution in [0.25, 0.3) is 0 Å². The summed E-state index contributed by atoms with van der Waals surface area (Å²) in [6, 6.07) is -0.812. The maximum Gasteiger partial charge on any atom is 0.268 e. The van der Waals surface area contributed by atoms with Crippen LogP contribution in [0.1, 0.15) is 174 Å². The maximum atomic E-state index is 12.9. The first-order chi connectivity index (χ1) is 26.5. The van der Waals surface area contributed by atoms with Gasteiger partial charge in [0.2, 0.25) is 5.91 Å². The van der Waals surface area contributed by atoms with Gasteiger partial charge < -0.3 is 28.8 Å². The van der Waals surface area contributed by atoms with E-state index in [2.05, 4.69) is 79.9 Å². The number of hydrogen-bond donors (Lipinski definition) is 2. The molecule has 0 aromatic carbocycles. The number of likely N-dealkylation sites (N-methyl/N-ethyl adjacent to an activating group) is 1. The van der Waals surface area contributed by atoms with Gasteiger partial charge in [0.25, 0.3) is 7.82 Å². The lowest BCUT2D eigenvalue weighted by atomic mass is 10.0. The van der Waals surface area contributed by atoms with Crippen molar-refractivity contribution in [3.8, 4) is 0 Å². The zero-order valence-corrected chi connectivity index (χ0v) is 37.0. The first-order valence-corrected chi connectivity index (χ1v) is 23.6.